The molecular formula is C14H17ClN2O3. The first-order chi connectivity index (χ1) is 9.52. The Balaban J connectivity index is 2.15. The second kappa shape index (κ2) is 6.15. The zero-order valence-corrected chi connectivity index (χ0v) is 12.4. The normalized spacial score (nSPS) is 12.2. The van der Waals surface area contributed by atoms with E-state index in [1.54, 1.807) is 43.0 Å². The number of aliphatic hydroxyl groups is 1. The number of rotatable bonds is 5. The van der Waals surface area contributed by atoms with Crippen LogP contribution in [0.15, 0.2) is 24.4 Å². The molecule has 1 atom stereocenters. The standard InChI is InChI=1S/C14H17ClN2O3/c1-9(18)10-4-5-11(12(6-10)19-3)20-8-14-16-7-13(15)17(14)2/h4-7,9,18H,8H2,1-3H3/t9-/m1/s1. The summed E-state index contributed by atoms with van der Waals surface area (Å²) in [5.74, 6) is 1.89. The molecule has 0 aliphatic heterocycles. The van der Waals surface area contributed by atoms with E-state index < -0.39 is 6.10 Å². The van der Waals surface area contributed by atoms with Crippen molar-refractivity contribution in [2.24, 2.45) is 7.05 Å². The van der Waals surface area contributed by atoms with E-state index in [2.05, 4.69) is 4.98 Å². The molecule has 0 saturated heterocycles. The van der Waals surface area contributed by atoms with Crippen LogP contribution in [0, 0.1) is 0 Å². The fraction of sp³-hybridized carbons (Fsp3) is 0.357. The summed E-state index contributed by atoms with van der Waals surface area (Å²) < 4.78 is 12.7. The van der Waals surface area contributed by atoms with Crippen molar-refractivity contribution < 1.29 is 14.6 Å². The lowest BCUT2D eigenvalue weighted by Crippen LogP contribution is -2.05. The first-order valence-corrected chi connectivity index (χ1v) is 6.55. The highest BCUT2D eigenvalue weighted by Crippen LogP contribution is 2.30. The van der Waals surface area contributed by atoms with Crippen molar-refractivity contribution >= 4 is 11.6 Å². The Morgan fingerprint density at radius 2 is 2.15 bits per heavy atom. The highest BCUT2D eigenvalue weighted by Gasteiger charge is 2.11. The number of benzene rings is 1. The van der Waals surface area contributed by atoms with E-state index in [9.17, 15) is 5.11 Å². The molecule has 0 unspecified atom stereocenters. The van der Waals surface area contributed by atoms with Crippen LogP contribution in [-0.4, -0.2) is 21.8 Å². The summed E-state index contributed by atoms with van der Waals surface area (Å²) in [6.45, 7) is 1.98. The van der Waals surface area contributed by atoms with Gasteiger partial charge in [-0.3, -0.25) is 0 Å². The Morgan fingerprint density at radius 1 is 1.40 bits per heavy atom. The number of nitrogens with zero attached hydrogens (tertiary/aromatic N) is 2. The lowest BCUT2D eigenvalue weighted by atomic mass is 10.1. The van der Waals surface area contributed by atoms with Crippen molar-refractivity contribution in [3.05, 3.63) is 40.9 Å². The van der Waals surface area contributed by atoms with Crippen LogP contribution in [0.4, 0.5) is 0 Å². The maximum Gasteiger partial charge on any atom is 0.161 e. The predicted octanol–water partition coefficient (Wildman–Crippen LogP) is 2.71. The topological polar surface area (TPSA) is 56.5 Å². The summed E-state index contributed by atoms with van der Waals surface area (Å²) >= 11 is 5.92. The van der Waals surface area contributed by atoms with Gasteiger partial charge in [0.1, 0.15) is 17.6 Å². The van der Waals surface area contributed by atoms with Crippen LogP contribution in [0.5, 0.6) is 11.5 Å². The van der Waals surface area contributed by atoms with E-state index in [0.717, 1.165) is 11.4 Å². The van der Waals surface area contributed by atoms with Crippen LogP contribution < -0.4 is 9.47 Å². The molecule has 1 N–H and O–H groups in total. The fourth-order valence-corrected chi connectivity index (χ4v) is 1.91. The molecule has 1 heterocycles. The van der Waals surface area contributed by atoms with E-state index in [-0.39, 0.29) is 6.61 Å². The Labute approximate surface area is 122 Å². The van der Waals surface area contributed by atoms with Crippen LogP contribution in [0.1, 0.15) is 24.4 Å². The summed E-state index contributed by atoms with van der Waals surface area (Å²) in [6, 6.07) is 5.32. The minimum atomic E-state index is -0.550. The zero-order chi connectivity index (χ0) is 14.7. The van der Waals surface area contributed by atoms with Gasteiger partial charge in [-0.1, -0.05) is 17.7 Å². The second-order valence-corrected chi connectivity index (χ2v) is 4.82. The third-order valence-electron chi connectivity index (χ3n) is 3.05. The molecule has 0 spiro atoms. The van der Waals surface area contributed by atoms with E-state index in [4.69, 9.17) is 21.1 Å². The lowest BCUT2D eigenvalue weighted by molar-refractivity contribution is 0.198. The molecule has 0 aliphatic carbocycles. The summed E-state index contributed by atoms with van der Waals surface area (Å²) in [5, 5.41) is 10.1. The number of methoxy groups -OCH3 is 1. The van der Waals surface area contributed by atoms with Gasteiger partial charge in [-0.2, -0.15) is 0 Å². The number of imidazole rings is 1. The van der Waals surface area contributed by atoms with Gasteiger partial charge in [-0.15, -0.1) is 0 Å². The first kappa shape index (κ1) is 14.7. The SMILES string of the molecule is COc1cc([C@@H](C)O)ccc1OCc1ncc(Cl)n1C. The summed E-state index contributed by atoms with van der Waals surface area (Å²) in [4.78, 5) is 4.16. The molecule has 2 rings (SSSR count). The molecule has 108 valence electrons. The van der Waals surface area contributed by atoms with E-state index in [1.807, 2.05) is 7.05 Å². The van der Waals surface area contributed by atoms with Crippen molar-refractivity contribution in [2.75, 3.05) is 7.11 Å². The average Bonchev–Trinajstić information content (AvgIpc) is 2.76. The van der Waals surface area contributed by atoms with Crippen LogP contribution in [0.25, 0.3) is 0 Å². The van der Waals surface area contributed by atoms with Crippen molar-refractivity contribution in [1.29, 1.82) is 0 Å². The Morgan fingerprint density at radius 3 is 2.70 bits per heavy atom. The molecule has 20 heavy (non-hydrogen) atoms. The monoisotopic (exact) mass is 296 g/mol. The molecule has 5 nitrogen and oxygen atoms in total. The van der Waals surface area contributed by atoms with E-state index in [0.29, 0.717) is 16.7 Å². The van der Waals surface area contributed by atoms with Gasteiger partial charge < -0.3 is 19.1 Å². The number of aromatic nitrogens is 2. The highest BCUT2D eigenvalue weighted by molar-refractivity contribution is 6.29. The Kier molecular flexibility index (Phi) is 4.52. The van der Waals surface area contributed by atoms with E-state index >= 15 is 0 Å². The van der Waals surface area contributed by atoms with Crippen LogP contribution in [-0.2, 0) is 13.7 Å². The van der Waals surface area contributed by atoms with Crippen molar-refractivity contribution in [3.8, 4) is 11.5 Å². The largest absolute Gasteiger partial charge is 0.493 e. The predicted molar refractivity (Wildman–Crippen MR) is 76.2 cm³/mol. The van der Waals surface area contributed by atoms with Crippen molar-refractivity contribution in [1.82, 2.24) is 9.55 Å². The average molecular weight is 297 g/mol. The molecule has 0 saturated carbocycles. The number of ether oxygens (including phenoxy) is 2. The molecule has 1 aromatic carbocycles. The number of aliphatic hydroxyl groups excluding tert-OH is 1. The van der Waals surface area contributed by atoms with Gasteiger partial charge in [0.25, 0.3) is 0 Å². The third-order valence-corrected chi connectivity index (χ3v) is 3.41. The van der Waals surface area contributed by atoms with Crippen molar-refractivity contribution in [3.63, 3.8) is 0 Å². The molecule has 0 amide bonds. The number of hydrogen-bond donors (Lipinski definition) is 1. The molecule has 2 aromatic rings. The minimum absolute atomic E-state index is 0.285. The smallest absolute Gasteiger partial charge is 0.161 e. The summed E-state index contributed by atoms with van der Waals surface area (Å²) in [5.41, 5.74) is 0.772. The maximum absolute atomic E-state index is 9.56. The van der Waals surface area contributed by atoms with Gasteiger partial charge in [-0.25, -0.2) is 4.98 Å². The van der Waals surface area contributed by atoms with Gasteiger partial charge in [0.15, 0.2) is 11.5 Å². The van der Waals surface area contributed by atoms with Gasteiger partial charge in [0.2, 0.25) is 0 Å². The molecule has 0 radical (unpaired) electrons. The van der Waals surface area contributed by atoms with Crippen LogP contribution in [0.2, 0.25) is 5.15 Å². The first-order valence-electron chi connectivity index (χ1n) is 6.17. The molecule has 0 aliphatic rings. The van der Waals surface area contributed by atoms with E-state index in [1.165, 1.54) is 0 Å². The minimum Gasteiger partial charge on any atom is -0.493 e. The third kappa shape index (κ3) is 3.05. The number of hydrogen-bond acceptors (Lipinski definition) is 4. The van der Waals surface area contributed by atoms with Gasteiger partial charge in [0, 0.05) is 7.05 Å². The molecule has 0 fully saturated rings. The van der Waals surface area contributed by atoms with Gasteiger partial charge in [0.05, 0.1) is 19.4 Å². The molecule has 0 bridgehead atoms. The van der Waals surface area contributed by atoms with Gasteiger partial charge in [-0.05, 0) is 24.6 Å². The Hall–Kier alpha value is -1.72. The van der Waals surface area contributed by atoms with Gasteiger partial charge >= 0.3 is 0 Å². The lowest BCUT2D eigenvalue weighted by Gasteiger charge is -2.13. The maximum atomic E-state index is 9.56. The molecular weight excluding hydrogens is 280 g/mol. The Bertz CT molecular complexity index is 596. The fourth-order valence-electron chi connectivity index (χ4n) is 1.76. The molecule has 1 aromatic heterocycles. The highest BCUT2D eigenvalue weighted by atomic mass is 35.5. The second-order valence-electron chi connectivity index (χ2n) is 4.43. The van der Waals surface area contributed by atoms with Crippen molar-refractivity contribution in [2.45, 2.75) is 19.6 Å². The zero-order valence-electron chi connectivity index (χ0n) is 11.6. The van der Waals surface area contributed by atoms with Crippen LogP contribution >= 0.6 is 11.6 Å². The van der Waals surface area contributed by atoms with Crippen LogP contribution in [0.3, 0.4) is 0 Å². The summed E-state index contributed by atoms with van der Waals surface area (Å²) in [7, 11) is 3.38. The molecule has 6 heteroatoms. The number of halogens is 1. The summed E-state index contributed by atoms with van der Waals surface area (Å²) in [6.07, 6.45) is 1.03. The quantitative estimate of drug-likeness (QED) is 0.922.